The summed E-state index contributed by atoms with van der Waals surface area (Å²) < 4.78 is 13.4. The Morgan fingerprint density at radius 3 is 2.60 bits per heavy atom. The van der Waals surface area contributed by atoms with Crippen molar-refractivity contribution in [1.29, 1.82) is 0 Å². The fourth-order valence-corrected chi connectivity index (χ4v) is 1.97. The maximum absolute atomic E-state index is 13.4. The summed E-state index contributed by atoms with van der Waals surface area (Å²) in [4.78, 5) is 12.0. The average molecular weight is 207 g/mol. The van der Waals surface area contributed by atoms with Crippen LogP contribution in [0.4, 0.5) is 4.39 Å². The predicted molar refractivity (Wildman–Crippen MR) is 56.3 cm³/mol. The highest BCUT2D eigenvalue weighted by Crippen LogP contribution is 2.19. The average Bonchev–Trinajstić information content (AvgIpc) is 2.30. The van der Waals surface area contributed by atoms with Crippen LogP contribution < -0.4 is 5.32 Å². The Hall–Kier alpha value is -1.22. The predicted octanol–water partition coefficient (Wildman–Crippen LogP) is 2.01. The summed E-state index contributed by atoms with van der Waals surface area (Å²) in [5.74, 6) is -0.459. The van der Waals surface area contributed by atoms with E-state index < -0.39 is 5.82 Å². The molecule has 0 unspecified atom stereocenters. The Labute approximate surface area is 88.5 Å². The summed E-state index contributed by atoms with van der Waals surface area (Å²) in [6, 6.07) is 6.22. The molecule has 1 aliphatic rings. The Morgan fingerprint density at radius 2 is 1.93 bits per heavy atom. The van der Waals surface area contributed by atoms with Crippen LogP contribution >= 0.6 is 0 Å². The summed E-state index contributed by atoms with van der Waals surface area (Å²) in [5, 5.41) is 3.19. The van der Waals surface area contributed by atoms with E-state index in [0.717, 1.165) is 25.9 Å². The van der Waals surface area contributed by atoms with Crippen LogP contribution in [0, 0.1) is 11.7 Å². The SMILES string of the molecule is O=C(c1ccccc1F)C1CCNCC1. The molecule has 2 rings (SSSR count). The van der Waals surface area contributed by atoms with Crippen LogP contribution in [0.3, 0.4) is 0 Å². The van der Waals surface area contributed by atoms with Crippen molar-refractivity contribution < 1.29 is 9.18 Å². The number of carbonyl (C=O) groups excluding carboxylic acids is 1. The highest BCUT2D eigenvalue weighted by atomic mass is 19.1. The van der Waals surface area contributed by atoms with Crippen molar-refractivity contribution in [2.75, 3.05) is 13.1 Å². The van der Waals surface area contributed by atoms with E-state index in [4.69, 9.17) is 0 Å². The lowest BCUT2D eigenvalue weighted by molar-refractivity contribution is 0.0891. The number of benzene rings is 1. The fourth-order valence-electron chi connectivity index (χ4n) is 1.97. The van der Waals surface area contributed by atoms with Crippen LogP contribution in [0.25, 0.3) is 0 Å². The number of halogens is 1. The van der Waals surface area contributed by atoms with E-state index in [2.05, 4.69) is 5.32 Å². The molecule has 0 spiro atoms. The topological polar surface area (TPSA) is 29.1 Å². The van der Waals surface area contributed by atoms with Gasteiger partial charge >= 0.3 is 0 Å². The second-order valence-corrected chi connectivity index (χ2v) is 3.87. The molecule has 15 heavy (non-hydrogen) atoms. The smallest absolute Gasteiger partial charge is 0.168 e. The molecule has 0 radical (unpaired) electrons. The Morgan fingerprint density at radius 1 is 1.27 bits per heavy atom. The molecule has 1 N–H and O–H groups in total. The molecule has 0 aliphatic carbocycles. The number of Topliss-reactive ketones (excluding diaryl/α,β-unsaturated/α-hetero) is 1. The molecule has 0 bridgehead atoms. The summed E-state index contributed by atoms with van der Waals surface area (Å²) >= 11 is 0. The fraction of sp³-hybridized carbons (Fsp3) is 0.417. The van der Waals surface area contributed by atoms with Crippen LogP contribution in [0.5, 0.6) is 0 Å². The minimum Gasteiger partial charge on any atom is -0.317 e. The lowest BCUT2D eigenvalue weighted by Gasteiger charge is -2.21. The van der Waals surface area contributed by atoms with Gasteiger partial charge in [0.05, 0.1) is 5.56 Å². The summed E-state index contributed by atoms with van der Waals surface area (Å²) in [5.41, 5.74) is 0.240. The molecule has 0 saturated carbocycles. The molecule has 2 nitrogen and oxygen atoms in total. The van der Waals surface area contributed by atoms with E-state index >= 15 is 0 Å². The largest absolute Gasteiger partial charge is 0.317 e. The number of carbonyl (C=O) groups is 1. The normalized spacial score (nSPS) is 17.7. The van der Waals surface area contributed by atoms with Crippen molar-refractivity contribution in [2.24, 2.45) is 5.92 Å². The number of hydrogen-bond donors (Lipinski definition) is 1. The number of piperidine rings is 1. The van der Waals surface area contributed by atoms with Gasteiger partial charge in [0, 0.05) is 5.92 Å². The van der Waals surface area contributed by atoms with Crippen molar-refractivity contribution in [3.05, 3.63) is 35.6 Å². The van der Waals surface area contributed by atoms with Gasteiger partial charge in [-0.3, -0.25) is 4.79 Å². The zero-order chi connectivity index (χ0) is 10.7. The number of nitrogens with one attached hydrogen (secondary N) is 1. The lowest BCUT2D eigenvalue weighted by Crippen LogP contribution is -2.32. The van der Waals surface area contributed by atoms with E-state index in [0.29, 0.717) is 0 Å². The zero-order valence-electron chi connectivity index (χ0n) is 8.50. The van der Waals surface area contributed by atoms with Crippen LogP contribution in [0.15, 0.2) is 24.3 Å². The highest BCUT2D eigenvalue weighted by Gasteiger charge is 2.23. The second kappa shape index (κ2) is 4.53. The summed E-state index contributed by atoms with van der Waals surface area (Å²) in [6.07, 6.45) is 1.63. The third kappa shape index (κ3) is 2.23. The Kier molecular flexibility index (Phi) is 3.11. The molecule has 1 heterocycles. The first-order chi connectivity index (χ1) is 7.29. The molecule has 0 amide bonds. The van der Waals surface area contributed by atoms with Crippen LogP contribution in [-0.2, 0) is 0 Å². The van der Waals surface area contributed by atoms with Crippen molar-refractivity contribution in [3.8, 4) is 0 Å². The van der Waals surface area contributed by atoms with Crippen molar-refractivity contribution in [3.63, 3.8) is 0 Å². The maximum atomic E-state index is 13.4. The molecule has 0 aromatic heterocycles. The van der Waals surface area contributed by atoms with Crippen molar-refractivity contribution in [1.82, 2.24) is 5.32 Å². The van der Waals surface area contributed by atoms with E-state index in [1.54, 1.807) is 18.2 Å². The van der Waals surface area contributed by atoms with Crippen LogP contribution in [0.2, 0.25) is 0 Å². The Balaban J connectivity index is 2.16. The van der Waals surface area contributed by atoms with Gasteiger partial charge in [0.2, 0.25) is 0 Å². The molecule has 1 saturated heterocycles. The number of ketones is 1. The third-order valence-electron chi connectivity index (χ3n) is 2.85. The molecule has 1 aliphatic heterocycles. The number of rotatable bonds is 2. The molecule has 1 fully saturated rings. The molecular formula is C12H14FNO. The monoisotopic (exact) mass is 207 g/mol. The van der Waals surface area contributed by atoms with E-state index in [1.165, 1.54) is 6.07 Å². The van der Waals surface area contributed by atoms with Gasteiger partial charge in [0.1, 0.15) is 5.82 Å². The van der Waals surface area contributed by atoms with Gasteiger partial charge in [0.25, 0.3) is 0 Å². The van der Waals surface area contributed by atoms with Crippen LogP contribution in [0.1, 0.15) is 23.2 Å². The van der Waals surface area contributed by atoms with Crippen molar-refractivity contribution in [2.45, 2.75) is 12.8 Å². The van der Waals surface area contributed by atoms with Gasteiger partial charge in [-0.25, -0.2) is 4.39 Å². The van der Waals surface area contributed by atoms with Gasteiger partial charge in [-0.1, -0.05) is 12.1 Å². The van der Waals surface area contributed by atoms with E-state index in [-0.39, 0.29) is 17.3 Å². The van der Waals surface area contributed by atoms with Crippen LogP contribution in [-0.4, -0.2) is 18.9 Å². The molecule has 1 aromatic carbocycles. The second-order valence-electron chi connectivity index (χ2n) is 3.87. The third-order valence-corrected chi connectivity index (χ3v) is 2.85. The number of hydrogen-bond acceptors (Lipinski definition) is 2. The first-order valence-corrected chi connectivity index (χ1v) is 5.28. The minimum atomic E-state index is -0.402. The van der Waals surface area contributed by atoms with E-state index in [9.17, 15) is 9.18 Å². The molecule has 0 atom stereocenters. The van der Waals surface area contributed by atoms with Crippen molar-refractivity contribution >= 4 is 5.78 Å². The Bertz CT molecular complexity index is 358. The van der Waals surface area contributed by atoms with Gasteiger partial charge in [-0.2, -0.15) is 0 Å². The van der Waals surface area contributed by atoms with Gasteiger partial charge < -0.3 is 5.32 Å². The van der Waals surface area contributed by atoms with Gasteiger partial charge in [0.15, 0.2) is 5.78 Å². The molecule has 80 valence electrons. The lowest BCUT2D eigenvalue weighted by atomic mass is 9.89. The molecule has 1 aromatic rings. The first-order valence-electron chi connectivity index (χ1n) is 5.28. The van der Waals surface area contributed by atoms with Gasteiger partial charge in [-0.15, -0.1) is 0 Å². The standard InChI is InChI=1S/C12H14FNO/c13-11-4-2-1-3-10(11)12(15)9-5-7-14-8-6-9/h1-4,9,14H,5-8H2. The van der Waals surface area contributed by atoms with E-state index in [1.807, 2.05) is 0 Å². The maximum Gasteiger partial charge on any atom is 0.168 e. The highest BCUT2D eigenvalue weighted by molar-refractivity contribution is 5.98. The molecule has 3 heteroatoms. The van der Waals surface area contributed by atoms with Gasteiger partial charge in [-0.05, 0) is 38.1 Å². The zero-order valence-corrected chi connectivity index (χ0v) is 8.50. The first kappa shape index (κ1) is 10.3. The summed E-state index contributed by atoms with van der Waals surface area (Å²) in [7, 11) is 0. The minimum absolute atomic E-state index is 0.0110. The molecular weight excluding hydrogens is 193 g/mol. The summed E-state index contributed by atoms with van der Waals surface area (Å²) in [6.45, 7) is 1.70. The quantitative estimate of drug-likeness (QED) is 0.751.